The van der Waals surface area contributed by atoms with Crippen LogP contribution in [0.5, 0.6) is 0 Å². The second-order valence-corrected chi connectivity index (χ2v) is 13.4. The molecule has 2 fully saturated rings. The lowest BCUT2D eigenvalue weighted by Gasteiger charge is -2.30. The number of amides is 4. The second-order valence-electron chi connectivity index (χ2n) is 13.4. The molecule has 0 aliphatic carbocycles. The number of nitrogens with one attached hydrogen (secondary N) is 2. The fourth-order valence-corrected chi connectivity index (χ4v) is 5.43. The van der Waals surface area contributed by atoms with Crippen LogP contribution in [0, 0.1) is 10.8 Å². The minimum atomic E-state index is -0.518. The quantitative estimate of drug-likeness (QED) is 0.427. The highest BCUT2D eigenvalue weighted by molar-refractivity contribution is 5.99. The van der Waals surface area contributed by atoms with Crippen LogP contribution < -0.4 is 10.6 Å². The van der Waals surface area contributed by atoms with Gasteiger partial charge in [-0.15, -0.1) is 0 Å². The van der Waals surface area contributed by atoms with E-state index >= 15 is 0 Å². The molecule has 2 heterocycles. The van der Waals surface area contributed by atoms with Crippen LogP contribution in [-0.2, 0) is 19.2 Å². The zero-order valence-corrected chi connectivity index (χ0v) is 25.7. The van der Waals surface area contributed by atoms with E-state index < -0.39 is 22.9 Å². The first-order valence-electron chi connectivity index (χ1n) is 14.9. The van der Waals surface area contributed by atoms with Gasteiger partial charge in [-0.25, -0.2) is 0 Å². The van der Waals surface area contributed by atoms with Crippen LogP contribution in [0.3, 0.4) is 0 Å². The minimum absolute atomic E-state index is 0.00379. The van der Waals surface area contributed by atoms with Crippen molar-refractivity contribution in [1.29, 1.82) is 0 Å². The van der Waals surface area contributed by atoms with Crippen molar-refractivity contribution in [2.24, 2.45) is 10.8 Å². The molecule has 8 nitrogen and oxygen atoms in total. The van der Waals surface area contributed by atoms with E-state index in [1.165, 1.54) is 0 Å². The van der Waals surface area contributed by atoms with E-state index in [9.17, 15) is 19.2 Å². The Bertz CT molecular complexity index is 1230. The standard InChI is InChI=1S/C34H44N4O4/c1-33(2,3)31(41)37-21-7-9-27(37)29(39)35-25-17-13-23(14-18-25)11-12-24-15-19-26(20-16-24)36-30(40)28-10-8-22-38(28)32(42)34(4,5)6/h11-20,27-28H,7-10,21-22H2,1-6H3,(H,35,39)(H,36,40)/b12-11+/t27-,28-/m0/s1. The Morgan fingerprint density at radius 3 is 1.26 bits per heavy atom. The molecule has 2 aromatic rings. The Morgan fingerprint density at radius 2 is 0.952 bits per heavy atom. The molecule has 4 amide bonds. The lowest BCUT2D eigenvalue weighted by molar-refractivity contribution is -0.143. The summed E-state index contributed by atoms with van der Waals surface area (Å²) in [6.07, 6.45) is 6.96. The monoisotopic (exact) mass is 572 g/mol. The molecule has 0 saturated carbocycles. The summed E-state index contributed by atoms with van der Waals surface area (Å²) in [6.45, 7) is 12.5. The normalized spacial score (nSPS) is 19.3. The number of anilines is 2. The lowest BCUT2D eigenvalue weighted by atomic mass is 9.94. The molecule has 0 unspecified atom stereocenters. The van der Waals surface area contributed by atoms with Gasteiger partial charge in [0.15, 0.2) is 0 Å². The summed E-state index contributed by atoms with van der Waals surface area (Å²) >= 11 is 0. The van der Waals surface area contributed by atoms with Gasteiger partial charge in [0.2, 0.25) is 23.6 Å². The van der Waals surface area contributed by atoms with Crippen molar-refractivity contribution in [3.8, 4) is 0 Å². The van der Waals surface area contributed by atoms with Crippen molar-refractivity contribution in [3.05, 3.63) is 59.7 Å². The summed E-state index contributed by atoms with van der Waals surface area (Å²) < 4.78 is 0. The highest BCUT2D eigenvalue weighted by Gasteiger charge is 2.39. The Morgan fingerprint density at radius 1 is 0.619 bits per heavy atom. The first kappa shape index (κ1) is 31.0. The zero-order valence-electron chi connectivity index (χ0n) is 25.7. The molecule has 2 N–H and O–H groups in total. The van der Waals surface area contributed by atoms with E-state index in [0.29, 0.717) is 37.3 Å². The largest absolute Gasteiger partial charge is 0.330 e. The van der Waals surface area contributed by atoms with Crippen LogP contribution in [0.15, 0.2) is 48.5 Å². The van der Waals surface area contributed by atoms with Gasteiger partial charge in [0, 0.05) is 35.3 Å². The van der Waals surface area contributed by atoms with E-state index in [1.54, 1.807) is 9.80 Å². The van der Waals surface area contributed by atoms with Gasteiger partial charge in [0.25, 0.3) is 0 Å². The van der Waals surface area contributed by atoms with Gasteiger partial charge < -0.3 is 20.4 Å². The van der Waals surface area contributed by atoms with Gasteiger partial charge in [-0.2, -0.15) is 0 Å². The second kappa shape index (κ2) is 12.5. The third-order valence-corrected chi connectivity index (χ3v) is 7.74. The molecule has 224 valence electrons. The fraction of sp³-hybridized carbons (Fsp3) is 0.471. The maximum Gasteiger partial charge on any atom is 0.247 e. The van der Waals surface area contributed by atoms with E-state index in [-0.39, 0.29) is 23.6 Å². The molecule has 2 saturated heterocycles. The van der Waals surface area contributed by atoms with Crippen LogP contribution in [0.2, 0.25) is 0 Å². The van der Waals surface area contributed by atoms with E-state index in [0.717, 1.165) is 24.0 Å². The molecule has 4 rings (SSSR count). The van der Waals surface area contributed by atoms with Gasteiger partial charge in [-0.1, -0.05) is 78.0 Å². The fourth-order valence-electron chi connectivity index (χ4n) is 5.43. The third-order valence-electron chi connectivity index (χ3n) is 7.74. The maximum absolute atomic E-state index is 12.9. The molecular formula is C34H44N4O4. The zero-order chi connectivity index (χ0) is 30.7. The van der Waals surface area contributed by atoms with E-state index in [1.807, 2.05) is 102 Å². The summed E-state index contributed by atoms with van der Waals surface area (Å²) in [7, 11) is 0. The van der Waals surface area contributed by atoms with E-state index in [2.05, 4.69) is 10.6 Å². The number of benzene rings is 2. The van der Waals surface area contributed by atoms with Crippen molar-refractivity contribution in [1.82, 2.24) is 9.80 Å². The van der Waals surface area contributed by atoms with Gasteiger partial charge >= 0.3 is 0 Å². The maximum atomic E-state index is 12.9. The first-order valence-corrected chi connectivity index (χ1v) is 14.9. The molecule has 8 heteroatoms. The topological polar surface area (TPSA) is 98.8 Å². The molecule has 2 aliphatic heterocycles. The third kappa shape index (κ3) is 7.46. The number of rotatable bonds is 6. The number of carbonyl (C=O) groups is 4. The molecular weight excluding hydrogens is 528 g/mol. The SMILES string of the molecule is CC(C)(C)C(=O)N1CCC[C@H]1C(=O)Nc1ccc(/C=C/c2ccc(NC(=O)[C@@H]3CCCN3C(=O)C(C)(C)C)cc2)cc1. The summed E-state index contributed by atoms with van der Waals surface area (Å²) in [5, 5.41) is 5.93. The molecule has 2 aromatic carbocycles. The molecule has 0 bridgehead atoms. The molecule has 2 atom stereocenters. The number of nitrogens with zero attached hydrogens (tertiary/aromatic N) is 2. The molecule has 2 aliphatic rings. The van der Waals surface area contributed by atoms with Crippen molar-refractivity contribution < 1.29 is 19.2 Å². The van der Waals surface area contributed by atoms with Gasteiger partial charge in [0.05, 0.1) is 0 Å². The smallest absolute Gasteiger partial charge is 0.247 e. The van der Waals surface area contributed by atoms with E-state index in [4.69, 9.17) is 0 Å². The summed E-state index contributed by atoms with van der Waals surface area (Å²) in [5.41, 5.74) is 2.29. The van der Waals surface area contributed by atoms with Crippen LogP contribution in [-0.4, -0.2) is 58.6 Å². The van der Waals surface area contributed by atoms with Gasteiger partial charge in [-0.3, -0.25) is 19.2 Å². The van der Waals surface area contributed by atoms with Crippen molar-refractivity contribution >= 4 is 47.2 Å². The van der Waals surface area contributed by atoms with Gasteiger partial charge in [0.1, 0.15) is 12.1 Å². The summed E-state index contributed by atoms with van der Waals surface area (Å²) in [5.74, 6) is -0.294. The molecule has 0 spiro atoms. The minimum Gasteiger partial charge on any atom is -0.330 e. The average Bonchev–Trinajstić information content (AvgIpc) is 3.62. The highest BCUT2D eigenvalue weighted by Crippen LogP contribution is 2.28. The van der Waals surface area contributed by atoms with Gasteiger partial charge in [-0.05, 0) is 61.1 Å². The Labute approximate surface area is 249 Å². The number of hydrogen-bond donors (Lipinski definition) is 2. The number of likely N-dealkylation sites (tertiary alicyclic amines) is 2. The lowest BCUT2D eigenvalue weighted by Crippen LogP contribution is -2.47. The predicted molar refractivity (Wildman–Crippen MR) is 167 cm³/mol. The van der Waals surface area contributed by atoms with Crippen molar-refractivity contribution in [3.63, 3.8) is 0 Å². The van der Waals surface area contributed by atoms with Crippen LogP contribution in [0.1, 0.15) is 78.4 Å². The van der Waals surface area contributed by atoms with Crippen LogP contribution in [0.4, 0.5) is 11.4 Å². The average molecular weight is 573 g/mol. The Hall–Kier alpha value is -3.94. The summed E-state index contributed by atoms with van der Waals surface area (Å²) in [4.78, 5) is 54.8. The summed E-state index contributed by atoms with van der Waals surface area (Å²) in [6, 6.07) is 14.3. The van der Waals surface area contributed by atoms with Crippen molar-refractivity contribution in [2.75, 3.05) is 23.7 Å². The predicted octanol–water partition coefficient (Wildman–Crippen LogP) is 5.81. The Balaban J connectivity index is 1.31. The Kier molecular flexibility index (Phi) is 9.24. The molecule has 0 aromatic heterocycles. The van der Waals surface area contributed by atoms with Crippen LogP contribution >= 0.6 is 0 Å². The highest BCUT2D eigenvalue weighted by atomic mass is 16.2. The molecule has 42 heavy (non-hydrogen) atoms. The molecule has 0 radical (unpaired) electrons. The number of hydrogen-bond acceptors (Lipinski definition) is 4. The van der Waals surface area contributed by atoms with Crippen molar-refractivity contribution in [2.45, 2.75) is 79.3 Å². The first-order chi connectivity index (χ1) is 19.7. The van der Waals surface area contributed by atoms with Crippen LogP contribution in [0.25, 0.3) is 12.2 Å². The number of carbonyl (C=O) groups excluding carboxylic acids is 4.